The highest BCUT2D eigenvalue weighted by atomic mass is 16.5. The largest absolute Gasteiger partial charge is 0.374 e. The number of nitrogens with zero attached hydrogens (tertiary/aromatic N) is 5. The zero-order chi connectivity index (χ0) is 18.1. The lowest BCUT2D eigenvalue weighted by Gasteiger charge is -2.33. The number of ether oxygens (including phenoxy) is 1. The van der Waals surface area contributed by atoms with Gasteiger partial charge in [-0.05, 0) is 32.0 Å². The molecule has 3 aromatic heterocycles. The van der Waals surface area contributed by atoms with Crippen LogP contribution in [0.5, 0.6) is 0 Å². The second kappa shape index (κ2) is 6.94. The van der Waals surface area contributed by atoms with Crippen molar-refractivity contribution in [1.29, 1.82) is 5.26 Å². The van der Waals surface area contributed by atoms with Crippen molar-refractivity contribution in [2.45, 2.75) is 33.0 Å². The van der Waals surface area contributed by atoms with Gasteiger partial charge in [-0.3, -0.25) is 9.58 Å². The first-order valence-corrected chi connectivity index (χ1v) is 8.97. The molecule has 1 atom stereocenters. The van der Waals surface area contributed by atoms with Crippen LogP contribution in [0.2, 0.25) is 0 Å². The van der Waals surface area contributed by atoms with Crippen LogP contribution < -0.4 is 0 Å². The summed E-state index contributed by atoms with van der Waals surface area (Å²) < 4.78 is 10.0. The van der Waals surface area contributed by atoms with Crippen molar-refractivity contribution in [3.63, 3.8) is 0 Å². The summed E-state index contributed by atoms with van der Waals surface area (Å²) in [7, 11) is 0. The summed E-state index contributed by atoms with van der Waals surface area (Å²) in [6, 6.07) is 10.4. The molecular weight excluding hydrogens is 326 g/mol. The number of hydrogen-bond donors (Lipinski definition) is 0. The SMILES string of the molecule is Cc1cc(C)n(C[C@@H]2CN(Cc3cn4ccccc4c3C#N)CCO2)n1. The van der Waals surface area contributed by atoms with Crippen LogP contribution in [0.25, 0.3) is 5.52 Å². The van der Waals surface area contributed by atoms with Crippen molar-refractivity contribution in [3.8, 4) is 6.07 Å². The number of aryl methyl sites for hydroxylation is 2. The maximum absolute atomic E-state index is 9.60. The molecule has 0 saturated carbocycles. The molecule has 0 aromatic carbocycles. The predicted molar refractivity (Wildman–Crippen MR) is 98.8 cm³/mol. The molecular formula is C20H23N5O. The van der Waals surface area contributed by atoms with Crippen LogP contribution in [0.15, 0.2) is 36.7 Å². The Kier molecular flexibility index (Phi) is 4.49. The number of pyridine rings is 1. The molecule has 4 rings (SSSR count). The molecule has 26 heavy (non-hydrogen) atoms. The quantitative estimate of drug-likeness (QED) is 0.726. The smallest absolute Gasteiger partial charge is 0.102 e. The van der Waals surface area contributed by atoms with Gasteiger partial charge >= 0.3 is 0 Å². The first-order chi connectivity index (χ1) is 12.6. The Morgan fingerprint density at radius 3 is 3.00 bits per heavy atom. The molecule has 3 aromatic rings. The van der Waals surface area contributed by atoms with Crippen LogP contribution in [-0.2, 0) is 17.8 Å². The maximum Gasteiger partial charge on any atom is 0.102 e. The van der Waals surface area contributed by atoms with Crippen molar-refractivity contribution in [1.82, 2.24) is 19.1 Å². The molecule has 6 nitrogen and oxygen atoms in total. The zero-order valence-electron chi connectivity index (χ0n) is 15.2. The fourth-order valence-corrected chi connectivity index (χ4v) is 3.75. The average molecular weight is 349 g/mol. The van der Waals surface area contributed by atoms with Gasteiger partial charge in [-0.15, -0.1) is 0 Å². The van der Waals surface area contributed by atoms with Crippen LogP contribution in [0.4, 0.5) is 0 Å². The molecule has 1 aliphatic heterocycles. The summed E-state index contributed by atoms with van der Waals surface area (Å²) in [5.41, 5.74) is 5.01. The Labute approximate surface area is 153 Å². The van der Waals surface area contributed by atoms with Crippen LogP contribution in [0.3, 0.4) is 0 Å². The number of morpholine rings is 1. The molecule has 134 valence electrons. The van der Waals surface area contributed by atoms with Gasteiger partial charge in [0.05, 0.1) is 36.0 Å². The molecule has 0 spiro atoms. The number of rotatable bonds is 4. The lowest BCUT2D eigenvalue weighted by molar-refractivity contribution is -0.0405. The summed E-state index contributed by atoms with van der Waals surface area (Å²) in [4.78, 5) is 2.37. The number of fused-ring (bicyclic) bond motifs is 1. The lowest BCUT2D eigenvalue weighted by atomic mass is 10.1. The molecule has 1 fully saturated rings. The third-order valence-electron chi connectivity index (χ3n) is 4.97. The molecule has 4 heterocycles. The van der Waals surface area contributed by atoms with Crippen molar-refractivity contribution < 1.29 is 4.74 Å². The van der Waals surface area contributed by atoms with Crippen molar-refractivity contribution in [3.05, 3.63) is 59.2 Å². The van der Waals surface area contributed by atoms with E-state index in [4.69, 9.17) is 4.74 Å². The minimum Gasteiger partial charge on any atom is -0.374 e. The van der Waals surface area contributed by atoms with Gasteiger partial charge in [0.25, 0.3) is 0 Å². The van der Waals surface area contributed by atoms with E-state index >= 15 is 0 Å². The van der Waals surface area contributed by atoms with Crippen molar-refractivity contribution in [2.75, 3.05) is 19.7 Å². The maximum atomic E-state index is 9.60. The van der Waals surface area contributed by atoms with E-state index in [0.717, 1.165) is 54.2 Å². The monoisotopic (exact) mass is 349 g/mol. The molecule has 0 aliphatic carbocycles. The van der Waals surface area contributed by atoms with Gasteiger partial charge in [0.1, 0.15) is 6.07 Å². The normalized spacial score (nSPS) is 18.3. The van der Waals surface area contributed by atoms with E-state index in [2.05, 4.69) is 35.3 Å². The van der Waals surface area contributed by atoms with Gasteiger partial charge in [0.2, 0.25) is 0 Å². The second-order valence-corrected chi connectivity index (χ2v) is 6.97. The van der Waals surface area contributed by atoms with Gasteiger partial charge in [0, 0.05) is 43.3 Å². The van der Waals surface area contributed by atoms with Crippen LogP contribution in [-0.4, -0.2) is 44.9 Å². The van der Waals surface area contributed by atoms with E-state index in [-0.39, 0.29) is 6.10 Å². The van der Waals surface area contributed by atoms with E-state index in [1.807, 2.05) is 40.4 Å². The minimum atomic E-state index is 0.115. The fraction of sp³-hybridized carbons (Fsp3) is 0.400. The zero-order valence-corrected chi connectivity index (χ0v) is 15.2. The van der Waals surface area contributed by atoms with Crippen molar-refractivity contribution >= 4 is 5.52 Å². The third-order valence-corrected chi connectivity index (χ3v) is 4.97. The van der Waals surface area contributed by atoms with Crippen LogP contribution >= 0.6 is 0 Å². The first kappa shape index (κ1) is 16.8. The van der Waals surface area contributed by atoms with E-state index in [1.54, 1.807) is 0 Å². The third kappa shape index (κ3) is 3.24. The Morgan fingerprint density at radius 2 is 2.23 bits per heavy atom. The lowest BCUT2D eigenvalue weighted by Crippen LogP contribution is -2.44. The average Bonchev–Trinajstić information content (AvgIpc) is 3.13. The number of aromatic nitrogens is 3. The van der Waals surface area contributed by atoms with E-state index in [1.165, 1.54) is 0 Å². The molecule has 1 aliphatic rings. The molecule has 0 N–H and O–H groups in total. The van der Waals surface area contributed by atoms with Crippen LogP contribution in [0, 0.1) is 25.2 Å². The Hall–Kier alpha value is -2.62. The standard InChI is InChI=1S/C20H23N5O/c1-15-9-16(2)25(22-15)14-18-13-23(7-8-26-18)11-17-12-24-6-4-3-5-20(24)19(17)10-21/h3-6,9,12,18H,7-8,11,13-14H2,1-2H3/t18-/m0/s1. The number of nitriles is 1. The van der Waals surface area contributed by atoms with E-state index < -0.39 is 0 Å². The highest BCUT2D eigenvalue weighted by Gasteiger charge is 2.23. The Balaban J connectivity index is 1.49. The van der Waals surface area contributed by atoms with E-state index in [0.29, 0.717) is 6.61 Å². The molecule has 1 saturated heterocycles. The van der Waals surface area contributed by atoms with Gasteiger partial charge in [-0.2, -0.15) is 10.4 Å². The molecule has 0 radical (unpaired) electrons. The Bertz CT molecular complexity index is 964. The number of hydrogen-bond acceptors (Lipinski definition) is 4. The van der Waals surface area contributed by atoms with Crippen LogP contribution in [0.1, 0.15) is 22.5 Å². The van der Waals surface area contributed by atoms with Crippen molar-refractivity contribution in [2.24, 2.45) is 0 Å². The Morgan fingerprint density at radius 1 is 1.35 bits per heavy atom. The molecule has 0 unspecified atom stereocenters. The molecule has 0 bridgehead atoms. The van der Waals surface area contributed by atoms with Gasteiger partial charge in [-0.1, -0.05) is 6.07 Å². The summed E-state index contributed by atoms with van der Waals surface area (Å²) in [6.45, 7) is 8.05. The summed E-state index contributed by atoms with van der Waals surface area (Å²) in [6.07, 6.45) is 4.17. The van der Waals surface area contributed by atoms with Gasteiger partial charge in [0.15, 0.2) is 0 Å². The second-order valence-electron chi connectivity index (χ2n) is 6.97. The first-order valence-electron chi connectivity index (χ1n) is 8.97. The predicted octanol–water partition coefficient (Wildman–Crippen LogP) is 2.53. The highest BCUT2D eigenvalue weighted by molar-refractivity contribution is 5.65. The summed E-state index contributed by atoms with van der Waals surface area (Å²) in [5.74, 6) is 0. The minimum absolute atomic E-state index is 0.115. The summed E-state index contributed by atoms with van der Waals surface area (Å²) >= 11 is 0. The topological polar surface area (TPSA) is 58.5 Å². The highest BCUT2D eigenvalue weighted by Crippen LogP contribution is 2.21. The van der Waals surface area contributed by atoms with Gasteiger partial charge in [-0.25, -0.2) is 0 Å². The van der Waals surface area contributed by atoms with E-state index in [9.17, 15) is 5.26 Å². The summed E-state index contributed by atoms with van der Waals surface area (Å²) in [5, 5.41) is 14.1. The molecule has 0 amide bonds. The van der Waals surface area contributed by atoms with Gasteiger partial charge < -0.3 is 9.14 Å². The molecule has 6 heteroatoms. The fourth-order valence-electron chi connectivity index (χ4n) is 3.75.